The molecule has 0 spiro atoms. The van der Waals surface area contributed by atoms with Crippen molar-refractivity contribution in [2.75, 3.05) is 0 Å². The van der Waals surface area contributed by atoms with Crippen molar-refractivity contribution in [1.29, 1.82) is 0 Å². The molecule has 0 heterocycles. The van der Waals surface area contributed by atoms with Gasteiger partial charge in [-0.3, -0.25) is 4.79 Å². The molecule has 1 unspecified atom stereocenters. The molecule has 3 atom stereocenters. The van der Waals surface area contributed by atoms with Crippen molar-refractivity contribution in [2.24, 2.45) is 16.8 Å². The van der Waals surface area contributed by atoms with Crippen molar-refractivity contribution >= 4 is 11.9 Å². The van der Waals surface area contributed by atoms with Gasteiger partial charge in [-0.05, 0) is 45.4 Å². The van der Waals surface area contributed by atoms with Gasteiger partial charge in [-0.25, -0.2) is 4.79 Å². The average molecular weight is 339 g/mol. The van der Waals surface area contributed by atoms with E-state index in [-0.39, 0.29) is 24.0 Å². The lowest BCUT2D eigenvalue weighted by Crippen LogP contribution is -2.50. The van der Waals surface area contributed by atoms with Crippen LogP contribution in [-0.4, -0.2) is 40.8 Å². The molecule has 0 aromatic rings. The van der Waals surface area contributed by atoms with E-state index in [1.54, 1.807) is 6.08 Å². The van der Waals surface area contributed by atoms with Gasteiger partial charge in [-0.15, -0.1) is 0 Å². The highest BCUT2D eigenvalue weighted by molar-refractivity contribution is 5.83. The van der Waals surface area contributed by atoms with Crippen LogP contribution in [0.4, 0.5) is 0 Å². The first-order chi connectivity index (χ1) is 11.2. The van der Waals surface area contributed by atoms with E-state index in [4.69, 9.17) is 4.74 Å². The summed E-state index contributed by atoms with van der Waals surface area (Å²) in [4.78, 5) is 27.4. The Balaban J connectivity index is 3.07. The second-order valence-corrected chi connectivity index (χ2v) is 8.31. The summed E-state index contributed by atoms with van der Waals surface area (Å²) in [7, 11) is 0. The summed E-state index contributed by atoms with van der Waals surface area (Å²) < 4.78 is 6.03. The monoisotopic (exact) mass is 339 g/mol. The van der Waals surface area contributed by atoms with Gasteiger partial charge in [0.25, 0.3) is 0 Å². The summed E-state index contributed by atoms with van der Waals surface area (Å²) in [6.45, 7) is 9.51. The molecule has 1 rings (SSSR count). The number of hydrogen-bond acceptors (Lipinski definition) is 5. The number of carbonyl (C=O) groups excluding carboxylic acids is 2. The lowest BCUT2D eigenvalue weighted by Gasteiger charge is -2.37. The first-order valence-electron chi connectivity index (χ1n) is 9.11. The van der Waals surface area contributed by atoms with Gasteiger partial charge in [0.1, 0.15) is 12.2 Å². The van der Waals surface area contributed by atoms with Crippen molar-refractivity contribution in [2.45, 2.75) is 97.0 Å². The molecule has 138 valence electrons. The van der Waals surface area contributed by atoms with E-state index in [0.29, 0.717) is 0 Å². The van der Waals surface area contributed by atoms with Gasteiger partial charge in [-0.2, -0.15) is 4.99 Å². The van der Waals surface area contributed by atoms with Crippen LogP contribution in [0.3, 0.4) is 0 Å². The number of isocyanates is 1. The maximum Gasteiger partial charge on any atom is 0.235 e. The van der Waals surface area contributed by atoms with E-state index in [0.717, 1.165) is 25.7 Å². The normalized spacial score (nSPS) is 20.3. The Bertz CT molecular complexity index is 443. The number of aliphatic hydroxyl groups is 1. The first-order valence-corrected chi connectivity index (χ1v) is 9.11. The molecule has 0 aromatic carbocycles. The van der Waals surface area contributed by atoms with Crippen LogP contribution in [0, 0.1) is 11.8 Å². The fourth-order valence-electron chi connectivity index (χ4n) is 3.42. The Morgan fingerprint density at radius 1 is 1.25 bits per heavy atom. The third-order valence-electron chi connectivity index (χ3n) is 4.41. The number of nitrogens with zero attached hydrogens (tertiary/aromatic N) is 1. The molecule has 0 aromatic heterocycles. The fourth-order valence-corrected chi connectivity index (χ4v) is 3.42. The number of Topliss-reactive ketones (excluding diaryl/α,β-unsaturated/α-hetero) is 1. The summed E-state index contributed by atoms with van der Waals surface area (Å²) in [5.41, 5.74) is -0.547. The lowest BCUT2D eigenvalue weighted by molar-refractivity contribution is -0.153. The maximum absolute atomic E-state index is 12.4. The summed E-state index contributed by atoms with van der Waals surface area (Å²) in [5, 5.41) is 10.7. The predicted molar refractivity (Wildman–Crippen MR) is 93.6 cm³/mol. The van der Waals surface area contributed by atoms with Crippen LogP contribution in [-0.2, 0) is 14.3 Å². The smallest absolute Gasteiger partial charge is 0.235 e. The maximum atomic E-state index is 12.4. The lowest BCUT2D eigenvalue weighted by atomic mass is 9.80. The second-order valence-electron chi connectivity index (χ2n) is 8.31. The molecule has 1 aliphatic carbocycles. The fraction of sp³-hybridized carbons (Fsp3) is 0.895. The summed E-state index contributed by atoms with van der Waals surface area (Å²) in [6, 6.07) is -0.520. The van der Waals surface area contributed by atoms with E-state index in [2.05, 4.69) is 4.99 Å². The molecular weight excluding hydrogens is 306 g/mol. The molecule has 1 N–H and O–H groups in total. The van der Waals surface area contributed by atoms with Crippen LogP contribution in [0.25, 0.3) is 0 Å². The minimum absolute atomic E-state index is 0.147. The molecule has 5 nitrogen and oxygen atoms in total. The number of ketones is 1. The van der Waals surface area contributed by atoms with Crippen LogP contribution < -0.4 is 0 Å². The van der Waals surface area contributed by atoms with Gasteiger partial charge in [0.05, 0.1) is 11.6 Å². The van der Waals surface area contributed by atoms with E-state index >= 15 is 0 Å². The van der Waals surface area contributed by atoms with Gasteiger partial charge in [0.2, 0.25) is 6.08 Å². The second kappa shape index (κ2) is 9.45. The Morgan fingerprint density at radius 2 is 1.83 bits per heavy atom. The van der Waals surface area contributed by atoms with Crippen molar-refractivity contribution in [1.82, 2.24) is 0 Å². The van der Waals surface area contributed by atoms with Crippen LogP contribution in [0.1, 0.15) is 73.1 Å². The van der Waals surface area contributed by atoms with Crippen LogP contribution in [0.5, 0.6) is 0 Å². The summed E-state index contributed by atoms with van der Waals surface area (Å²) in [6.07, 6.45) is 5.05. The van der Waals surface area contributed by atoms with Crippen molar-refractivity contribution in [3.05, 3.63) is 0 Å². The van der Waals surface area contributed by atoms with Gasteiger partial charge in [-0.1, -0.05) is 33.1 Å². The minimum atomic E-state index is -1.27. The van der Waals surface area contributed by atoms with Gasteiger partial charge < -0.3 is 9.84 Å². The highest BCUT2D eigenvalue weighted by atomic mass is 16.5. The number of hydrogen-bond donors (Lipinski definition) is 1. The molecule has 0 amide bonds. The highest BCUT2D eigenvalue weighted by Crippen LogP contribution is 2.33. The average Bonchev–Trinajstić information content (AvgIpc) is 2.49. The van der Waals surface area contributed by atoms with Crippen molar-refractivity contribution in [3.8, 4) is 0 Å². The number of ether oxygens (including phenoxy) is 1. The Morgan fingerprint density at radius 3 is 2.29 bits per heavy atom. The number of aliphatic imine (C=N–C) groups is 1. The molecule has 0 aliphatic heterocycles. The topological polar surface area (TPSA) is 76.0 Å². The van der Waals surface area contributed by atoms with Crippen LogP contribution in [0.15, 0.2) is 4.99 Å². The summed E-state index contributed by atoms with van der Waals surface area (Å²) >= 11 is 0. The molecule has 24 heavy (non-hydrogen) atoms. The van der Waals surface area contributed by atoms with Gasteiger partial charge in [0.15, 0.2) is 5.78 Å². The van der Waals surface area contributed by atoms with E-state index < -0.39 is 23.9 Å². The Kier molecular flexibility index (Phi) is 8.28. The van der Waals surface area contributed by atoms with Crippen LogP contribution in [0.2, 0.25) is 0 Å². The first kappa shape index (κ1) is 21.0. The van der Waals surface area contributed by atoms with Crippen molar-refractivity contribution in [3.63, 3.8) is 0 Å². The molecular formula is C19H33NO4. The molecule has 0 radical (unpaired) electrons. The number of aliphatic hydroxyl groups excluding tert-OH is 1. The quantitative estimate of drug-likeness (QED) is 0.543. The van der Waals surface area contributed by atoms with E-state index in [1.807, 2.05) is 34.6 Å². The van der Waals surface area contributed by atoms with Crippen molar-refractivity contribution < 1.29 is 19.4 Å². The predicted octanol–water partition coefficient (Wildman–Crippen LogP) is 3.43. The summed E-state index contributed by atoms with van der Waals surface area (Å²) in [5.74, 6) is 0.0559. The van der Waals surface area contributed by atoms with Gasteiger partial charge in [0, 0.05) is 6.42 Å². The minimum Gasteiger partial charge on any atom is -0.382 e. The van der Waals surface area contributed by atoms with E-state index in [9.17, 15) is 14.7 Å². The zero-order valence-electron chi connectivity index (χ0n) is 15.7. The molecule has 1 aliphatic rings. The van der Waals surface area contributed by atoms with E-state index in [1.165, 1.54) is 6.42 Å². The van der Waals surface area contributed by atoms with Gasteiger partial charge >= 0.3 is 0 Å². The third-order valence-corrected chi connectivity index (χ3v) is 4.41. The Labute approximate surface area is 145 Å². The molecule has 1 fully saturated rings. The molecule has 5 heteroatoms. The standard InChI is InChI=1S/C19H33NO4/c1-13(2)11-15(22)17(23)18(24-19(3,4)5)16(20-12-21)14-9-7-6-8-10-14/h13-14,16-18,23H,6-11H2,1-5H3/t16?,17-,18-/m0/s1. The molecule has 0 saturated heterocycles. The molecule has 1 saturated carbocycles. The zero-order chi connectivity index (χ0) is 18.3. The zero-order valence-corrected chi connectivity index (χ0v) is 15.7. The number of rotatable bonds is 8. The third kappa shape index (κ3) is 6.84. The largest absolute Gasteiger partial charge is 0.382 e. The SMILES string of the molecule is CC(C)CC(=O)[C@H](O)[C@@H](OC(C)(C)C)C(N=C=O)C1CCCCC1. The molecule has 0 bridgehead atoms. The van der Waals surface area contributed by atoms with Crippen LogP contribution >= 0.6 is 0 Å². The highest BCUT2D eigenvalue weighted by Gasteiger charge is 2.40. The number of carbonyl (C=O) groups is 1. The Hall–Kier alpha value is -1.03.